The lowest BCUT2D eigenvalue weighted by Crippen LogP contribution is -2.47. The summed E-state index contributed by atoms with van der Waals surface area (Å²) in [5.41, 5.74) is -2.64. The van der Waals surface area contributed by atoms with E-state index >= 15 is 0 Å². The molecule has 1 saturated heterocycles. The molecule has 100 valence electrons. The minimum absolute atomic E-state index is 0.0166. The van der Waals surface area contributed by atoms with E-state index in [1.54, 1.807) is 0 Å². The van der Waals surface area contributed by atoms with Crippen molar-refractivity contribution in [1.29, 1.82) is 0 Å². The Kier molecular flexibility index (Phi) is 3.75. The monoisotopic (exact) mass is 263 g/mol. The van der Waals surface area contributed by atoms with Gasteiger partial charge in [0, 0.05) is 13.0 Å². The maximum Gasteiger partial charge on any atom is 0.402 e. The first-order valence-electron chi connectivity index (χ1n) is 4.96. The van der Waals surface area contributed by atoms with Crippen LogP contribution in [-0.2, 0) is 4.79 Å². The highest BCUT2D eigenvalue weighted by atomic mass is 19.4. The summed E-state index contributed by atoms with van der Waals surface area (Å²) >= 11 is 0. The van der Waals surface area contributed by atoms with Crippen LogP contribution in [0.1, 0.15) is 19.3 Å². The van der Waals surface area contributed by atoms with Crippen LogP contribution in [0, 0.1) is 5.41 Å². The Balaban J connectivity index is 2.76. The second kappa shape index (κ2) is 4.47. The third kappa shape index (κ3) is 3.11. The topological polar surface area (TPSA) is 29.1 Å². The molecule has 2 nitrogen and oxygen atoms in total. The Morgan fingerprint density at radius 1 is 1.18 bits per heavy atom. The van der Waals surface area contributed by atoms with Gasteiger partial charge in [0.25, 0.3) is 0 Å². The van der Waals surface area contributed by atoms with Crippen molar-refractivity contribution in [2.24, 2.45) is 5.41 Å². The summed E-state index contributed by atoms with van der Waals surface area (Å²) in [7, 11) is 0. The van der Waals surface area contributed by atoms with Crippen LogP contribution in [0.25, 0.3) is 0 Å². The highest BCUT2D eigenvalue weighted by molar-refractivity contribution is 5.86. The second-order valence-electron chi connectivity index (χ2n) is 4.04. The van der Waals surface area contributed by atoms with Crippen molar-refractivity contribution in [2.75, 3.05) is 13.1 Å². The molecule has 1 aliphatic rings. The summed E-state index contributed by atoms with van der Waals surface area (Å²) in [6.07, 6.45) is -12.5. The number of Topliss-reactive ketones (excluding diaryl/α,β-unsaturated/α-hetero) is 1. The van der Waals surface area contributed by atoms with Crippen molar-refractivity contribution >= 4 is 5.78 Å². The van der Waals surface area contributed by atoms with E-state index in [1.165, 1.54) is 0 Å². The molecule has 0 aliphatic carbocycles. The summed E-state index contributed by atoms with van der Waals surface area (Å²) < 4.78 is 73.9. The normalized spacial score (nSPS) is 26.2. The molecule has 1 rings (SSSR count). The molecule has 0 aromatic heterocycles. The zero-order chi connectivity index (χ0) is 13.3. The van der Waals surface area contributed by atoms with Crippen LogP contribution in [0.5, 0.6) is 0 Å². The van der Waals surface area contributed by atoms with Crippen LogP contribution in [0.3, 0.4) is 0 Å². The van der Waals surface area contributed by atoms with E-state index in [-0.39, 0.29) is 6.54 Å². The largest absolute Gasteiger partial charge is 0.402 e. The molecular formula is C9H11F6NO. The van der Waals surface area contributed by atoms with Gasteiger partial charge < -0.3 is 5.32 Å². The molecule has 0 amide bonds. The quantitative estimate of drug-likeness (QED) is 0.792. The fraction of sp³-hybridized carbons (Fsp3) is 0.889. The fourth-order valence-corrected chi connectivity index (χ4v) is 1.82. The average molecular weight is 263 g/mol. The summed E-state index contributed by atoms with van der Waals surface area (Å²) in [4.78, 5) is 11.4. The van der Waals surface area contributed by atoms with E-state index in [0.29, 0.717) is 0 Å². The highest BCUT2D eigenvalue weighted by Gasteiger charge is 2.60. The second-order valence-corrected chi connectivity index (χ2v) is 4.04. The molecule has 0 spiro atoms. The average Bonchev–Trinajstić information content (AvgIpc) is 2.61. The van der Waals surface area contributed by atoms with Gasteiger partial charge in [0.1, 0.15) is 11.2 Å². The van der Waals surface area contributed by atoms with Crippen molar-refractivity contribution in [1.82, 2.24) is 5.32 Å². The SMILES string of the molecule is O=C(CCC(F)(F)F)C1(C(F)(F)F)CCNC1. The molecule has 1 unspecified atom stereocenters. The number of ketones is 1. The smallest absolute Gasteiger partial charge is 0.315 e. The molecule has 0 aromatic carbocycles. The van der Waals surface area contributed by atoms with E-state index in [4.69, 9.17) is 0 Å². The summed E-state index contributed by atoms with van der Waals surface area (Å²) in [6.45, 7) is -0.648. The number of rotatable bonds is 3. The van der Waals surface area contributed by atoms with E-state index in [1.807, 2.05) is 0 Å². The summed E-state index contributed by atoms with van der Waals surface area (Å²) in [5, 5.41) is 2.38. The minimum Gasteiger partial charge on any atom is -0.315 e. The number of hydrogen-bond donors (Lipinski definition) is 1. The van der Waals surface area contributed by atoms with Crippen molar-refractivity contribution < 1.29 is 31.1 Å². The van der Waals surface area contributed by atoms with Gasteiger partial charge in [0.15, 0.2) is 0 Å². The van der Waals surface area contributed by atoms with E-state index in [0.717, 1.165) is 0 Å². The van der Waals surface area contributed by atoms with Crippen LogP contribution in [0.15, 0.2) is 0 Å². The van der Waals surface area contributed by atoms with Crippen LogP contribution in [-0.4, -0.2) is 31.2 Å². The number of carbonyl (C=O) groups excluding carboxylic acids is 1. The predicted molar refractivity (Wildman–Crippen MR) is 46.3 cm³/mol. The van der Waals surface area contributed by atoms with Gasteiger partial charge in [0.2, 0.25) is 0 Å². The van der Waals surface area contributed by atoms with Crippen molar-refractivity contribution in [2.45, 2.75) is 31.6 Å². The van der Waals surface area contributed by atoms with Crippen LogP contribution < -0.4 is 5.32 Å². The number of hydrogen-bond acceptors (Lipinski definition) is 2. The van der Waals surface area contributed by atoms with Gasteiger partial charge in [-0.1, -0.05) is 0 Å². The Morgan fingerprint density at radius 2 is 1.76 bits per heavy atom. The summed E-state index contributed by atoms with van der Waals surface area (Å²) in [6, 6.07) is 0. The standard InChI is InChI=1S/C9H11F6NO/c10-8(11,12)2-1-6(17)7(9(13,14)15)3-4-16-5-7/h16H,1-5H2. The maximum atomic E-state index is 12.7. The summed E-state index contributed by atoms with van der Waals surface area (Å²) in [5.74, 6) is -1.38. The molecule has 0 radical (unpaired) electrons. The first kappa shape index (κ1) is 14.3. The Hall–Kier alpha value is -0.790. The molecule has 1 fully saturated rings. The van der Waals surface area contributed by atoms with Crippen LogP contribution in [0.2, 0.25) is 0 Å². The minimum atomic E-state index is -4.81. The van der Waals surface area contributed by atoms with Gasteiger partial charge in [-0.2, -0.15) is 26.3 Å². The van der Waals surface area contributed by atoms with E-state index in [9.17, 15) is 31.1 Å². The van der Waals surface area contributed by atoms with Gasteiger partial charge >= 0.3 is 12.4 Å². The number of nitrogens with one attached hydrogen (secondary N) is 1. The molecule has 0 saturated carbocycles. The van der Waals surface area contributed by atoms with Gasteiger partial charge in [-0.15, -0.1) is 0 Å². The number of alkyl halides is 6. The van der Waals surface area contributed by atoms with E-state index in [2.05, 4.69) is 5.32 Å². The van der Waals surface area contributed by atoms with Gasteiger partial charge in [-0.3, -0.25) is 4.79 Å². The van der Waals surface area contributed by atoms with E-state index < -0.39 is 49.4 Å². The third-order valence-corrected chi connectivity index (χ3v) is 2.87. The molecule has 1 N–H and O–H groups in total. The molecule has 0 bridgehead atoms. The van der Waals surface area contributed by atoms with Gasteiger partial charge in [-0.25, -0.2) is 0 Å². The molecule has 17 heavy (non-hydrogen) atoms. The Labute approximate surface area is 93.4 Å². The van der Waals surface area contributed by atoms with Crippen LogP contribution in [0.4, 0.5) is 26.3 Å². The molecule has 1 atom stereocenters. The maximum absolute atomic E-state index is 12.7. The first-order chi connectivity index (χ1) is 7.58. The fourth-order valence-electron chi connectivity index (χ4n) is 1.82. The number of carbonyl (C=O) groups is 1. The molecule has 1 heterocycles. The lowest BCUT2D eigenvalue weighted by molar-refractivity contribution is -0.216. The Bertz CT molecular complexity index is 289. The number of halogens is 6. The molecular weight excluding hydrogens is 252 g/mol. The lowest BCUT2D eigenvalue weighted by atomic mass is 9.80. The van der Waals surface area contributed by atoms with Crippen molar-refractivity contribution in [3.63, 3.8) is 0 Å². The van der Waals surface area contributed by atoms with Crippen LogP contribution >= 0.6 is 0 Å². The third-order valence-electron chi connectivity index (χ3n) is 2.87. The van der Waals surface area contributed by atoms with Crippen molar-refractivity contribution in [3.8, 4) is 0 Å². The lowest BCUT2D eigenvalue weighted by Gasteiger charge is -2.29. The highest BCUT2D eigenvalue weighted by Crippen LogP contribution is 2.45. The molecule has 1 aliphatic heterocycles. The zero-order valence-electron chi connectivity index (χ0n) is 8.71. The Morgan fingerprint density at radius 3 is 2.12 bits per heavy atom. The first-order valence-corrected chi connectivity index (χ1v) is 4.96. The van der Waals surface area contributed by atoms with Gasteiger partial charge in [-0.05, 0) is 13.0 Å². The van der Waals surface area contributed by atoms with Gasteiger partial charge in [0.05, 0.1) is 6.42 Å². The molecule has 8 heteroatoms. The predicted octanol–water partition coefficient (Wildman–Crippen LogP) is 2.44. The molecule has 0 aromatic rings. The van der Waals surface area contributed by atoms with Crippen molar-refractivity contribution in [3.05, 3.63) is 0 Å². The zero-order valence-corrected chi connectivity index (χ0v) is 8.71.